The van der Waals surface area contributed by atoms with Crippen molar-refractivity contribution in [2.45, 2.75) is 46.1 Å². The smallest absolute Gasteiger partial charge is 0.225 e. The monoisotopic (exact) mass is 432 g/mol. The number of carbonyl (C=O) groups is 1. The maximum absolute atomic E-state index is 14.8. The summed E-state index contributed by atoms with van der Waals surface area (Å²) in [5.41, 5.74) is 1.28. The highest BCUT2D eigenvalue weighted by atomic mass is 35.5. The van der Waals surface area contributed by atoms with E-state index in [-0.39, 0.29) is 34.1 Å². The van der Waals surface area contributed by atoms with Gasteiger partial charge in [0.05, 0.1) is 22.9 Å². The molecule has 0 bridgehead atoms. The first-order valence-corrected chi connectivity index (χ1v) is 10.7. The Bertz CT molecular complexity index is 875. The Hall–Kier alpha value is -2.11. The minimum absolute atomic E-state index is 0.0369. The van der Waals surface area contributed by atoms with Gasteiger partial charge in [-0.2, -0.15) is 0 Å². The van der Waals surface area contributed by atoms with Crippen LogP contribution in [0.3, 0.4) is 0 Å². The first-order chi connectivity index (χ1) is 14.1. The van der Waals surface area contributed by atoms with Crippen molar-refractivity contribution >= 4 is 28.9 Å². The summed E-state index contributed by atoms with van der Waals surface area (Å²) in [5.74, 6) is -0.784. The van der Waals surface area contributed by atoms with E-state index in [1.165, 1.54) is 6.07 Å². The van der Waals surface area contributed by atoms with E-state index in [2.05, 4.69) is 29.3 Å². The van der Waals surface area contributed by atoms with Gasteiger partial charge < -0.3 is 15.0 Å². The van der Waals surface area contributed by atoms with Crippen LogP contribution >= 0.6 is 11.6 Å². The van der Waals surface area contributed by atoms with Crippen molar-refractivity contribution in [3.8, 4) is 0 Å². The predicted octanol–water partition coefficient (Wildman–Crippen LogP) is 6.00. The van der Waals surface area contributed by atoms with Crippen molar-refractivity contribution < 1.29 is 13.9 Å². The minimum Gasteiger partial charge on any atom is -0.369 e. The van der Waals surface area contributed by atoms with Crippen molar-refractivity contribution in [2.75, 3.05) is 29.9 Å². The molecular formula is C24H30ClFN2O2. The van der Waals surface area contributed by atoms with E-state index in [0.29, 0.717) is 25.4 Å². The van der Waals surface area contributed by atoms with Crippen LogP contribution in [0.2, 0.25) is 5.02 Å². The lowest BCUT2D eigenvalue weighted by Crippen LogP contribution is -2.28. The van der Waals surface area contributed by atoms with E-state index >= 15 is 0 Å². The molecule has 1 aliphatic heterocycles. The van der Waals surface area contributed by atoms with E-state index in [9.17, 15) is 9.18 Å². The molecule has 0 spiro atoms. The lowest BCUT2D eigenvalue weighted by molar-refractivity contribution is -0.117. The van der Waals surface area contributed by atoms with E-state index in [1.807, 2.05) is 39.0 Å². The van der Waals surface area contributed by atoms with Gasteiger partial charge in [0.25, 0.3) is 0 Å². The molecule has 1 aliphatic rings. The fourth-order valence-corrected chi connectivity index (χ4v) is 3.97. The normalized spacial score (nSPS) is 20.0. The molecule has 0 saturated carbocycles. The predicted molar refractivity (Wildman–Crippen MR) is 121 cm³/mol. The van der Waals surface area contributed by atoms with E-state index in [4.69, 9.17) is 16.3 Å². The topological polar surface area (TPSA) is 41.6 Å². The van der Waals surface area contributed by atoms with Gasteiger partial charge >= 0.3 is 0 Å². The molecule has 0 aliphatic carbocycles. The molecule has 3 rings (SSSR count). The third-order valence-corrected chi connectivity index (χ3v) is 5.67. The quantitative estimate of drug-likeness (QED) is 0.644. The third-order valence-electron chi connectivity index (χ3n) is 5.37. The molecule has 0 aromatic heterocycles. The van der Waals surface area contributed by atoms with Crippen LogP contribution in [0.1, 0.15) is 46.1 Å². The Labute approximate surface area is 183 Å². The van der Waals surface area contributed by atoms with Gasteiger partial charge in [-0.1, -0.05) is 62.7 Å². The Morgan fingerprint density at radius 3 is 2.57 bits per heavy atom. The minimum atomic E-state index is -0.532. The second kappa shape index (κ2) is 8.94. The zero-order valence-electron chi connectivity index (χ0n) is 18.1. The molecule has 1 saturated heterocycles. The Morgan fingerprint density at radius 2 is 1.93 bits per heavy atom. The summed E-state index contributed by atoms with van der Waals surface area (Å²) < 4.78 is 21.0. The number of anilines is 2. The van der Waals surface area contributed by atoms with Gasteiger partial charge in [0.2, 0.25) is 5.91 Å². The van der Waals surface area contributed by atoms with E-state index < -0.39 is 5.82 Å². The second-order valence-corrected chi connectivity index (χ2v) is 9.66. The summed E-state index contributed by atoms with van der Waals surface area (Å²) in [5, 5.41) is 2.82. The Kier molecular flexibility index (Phi) is 6.73. The summed E-state index contributed by atoms with van der Waals surface area (Å²) >= 11 is 6.35. The SMILES string of the molecule is CC(C)(C)CC(=O)Nc1c(F)cc(N2CCO[C@@](C)(c3ccccc3)CC2)cc1Cl. The highest BCUT2D eigenvalue weighted by molar-refractivity contribution is 6.34. The highest BCUT2D eigenvalue weighted by Gasteiger charge is 2.31. The molecule has 162 valence electrons. The summed E-state index contributed by atoms with van der Waals surface area (Å²) in [6.07, 6.45) is 1.05. The van der Waals surface area contributed by atoms with Gasteiger partial charge in [-0.05, 0) is 36.5 Å². The second-order valence-electron chi connectivity index (χ2n) is 9.25. The summed E-state index contributed by atoms with van der Waals surface area (Å²) in [7, 11) is 0. The lowest BCUT2D eigenvalue weighted by atomic mass is 9.92. The van der Waals surface area contributed by atoms with Crippen molar-refractivity contribution in [2.24, 2.45) is 5.41 Å². The number of amides is 1. The van der Waals surface area contributed by atoms with Crippen molar-refractivity contribution in [1.29, 1.82) is 0 Å². The average Bonchev–Trinajstić information content (AvgIpc) is 2.87. The van der Waals surface area contributed by atoms with Crippen LogP contribution in [0.25, 0.3) is 0 Å². The fourth-order valence-electron chi connectivity index (χ4n) is 3.72. The zero-order valence-corrected chi connectivity index (χ0v) is 18.9. The van der Waals surface area contributed by atoms with Gasteiger partial charge in [-0.3, -0.25) is 4.79 Å². The number of nitrogens with zero attached hydrogens (tertiary/aromatic N) is 1. The number of hydrogen-bond acceptors (Lipinski definition) is 3. The number of ether oxygens (including phenoxy) is 1. The molecule has 1 fully saturated rings. The van der Waals surface area contributed by atoms with Gasteiger partial charge in [-0.15, -0.1) is 0 Å². The molecule has 30 heavy (non-hydrogen) atoms. The van der Waals surface area contributed by atoms with Crippen LogP contribution in [0.15, 0.2) is 42.5 Å². The van der Waals surface area contributed by atoms with Crippen LogP contribution in [0.4, 0.5) is 15.8 Å². The number of benzene rings is 2. The summed E-state index contributed by atoms with van der Waals surface area (Å²) in [6.45, 7) is 9.82. The molecule has 1 heterocycles. The highest BCUT2D eigenvalue weighted by Crippen LogP contribution is 2.35. The van der Waals surface area contributed by atoms with Crippen molar-refractivity contribution in [3.05, 3.63) is 58.9 Å². The Balaban J connectivity index is 1.74. The zero-order chi connectivity index (χ0) is 21.9. The van der Waals surface area contributed by atoms with Crippen molar-refractivity contribution in [3.63, 3.8) is 0 Å². The van der Waals surface area contributed by atoms with E-state index in [1.54, 1.807) is 6.07 Å². The van der Waals surface area contributed by atoms with Gasteiger partial charge in [-0.25, -0.2) is 4.39 Å². The van der Waals surface area contributed by atoms with Gasteiger partial charge in [0.1, 0.15) is 5.82 Å². The molecule has 6 heteroatoms. The maximum atomic E-state index is 14.8. The Morgan fingerprint density at radius 1 is 1.23 bits per heavy atom. The molecule has 2 aromatic carbocycles. The molecule has 1 amide bonds. The third kappa shape index (κ3) is 5.52. The summed E-state index contributed by atoms with van der Waals surface area (Å²) in [6, 6.07) is 13.3. The van der Waals surface area contributed by atoms with E-state index in [0.717, 1.165) is 12.0 Å². The first-order valence-electron chi connectivity index (χ1n) is 10.3. The molecular weight excluding hydrogens is 403 g/mol. The molecule has 1 atom stereocenters. The lowest BCUT2D eigenvalue weighted by Gasteiger charge is -2.29. The fraction of sp³-hybridized carbons (Fsp3) is 0.458. The van der Waals surface area contributed by atoms with Gasteiger partial charge in [0.15, 0.2) is 0 Å². The standard InChI is InChI=1S/C24H30ClFN2O2/c1-23(2,3)16-21(29)27-22-19(25)14-18(15-20(22)26)28-11-10-24(4,30-13-12-28)17-8-6-5-7-9-17/h5-9,14-15H,10-13,16H2,1-4H3,(H,27,29)/t24-/m1/s1. The first kappa shape index (κ1) is 22.6. The number of hydrogen-bond donors (Lipinski definition) is 1. The number of nitrogens with one attached hydrogen (secondary N) is 1. The maximum Gasteiger partial charge on any atom is 0.225 e. The van der Waals surface area contributed by atoms with Crippen LogP contribution in [-0.2, 0) is 15.1 Å². The molecule has 0 unspecified atom stereocenters. The largest absolute Gasteiger partial charge is 0.369 e. The van der Waals surface area contributed by atoms with Crippen LogP contribution in [0.5, 0.6) is 0 Å². The van der Waals surface area contributed by atoms with Crippen LogP contribution in [0, 0.1) is 11.2 Å². The molecule has 0 radical (unpaired) electrons. The van der Waals surface area contributed by atoms with Crippen LogP contribution in [-0.4, -0.2) is 25.6 Å². The number of rotatable bonds is 4. The van der Waals surface area contributed by atoms with Crippen molar-refractivity contribution in [1.82, 2.24) is 0 Å². The molecule has 1 N–H and O–H groups in total. The van der Waals surface area contributed by atoms with Gasteiger partial charge in [0, 0.05) is 25.2 Å². The molecule has 4 nitrogen and oxygen atoms in total. The van der Waals surface area contributed by atoms with Crippen LogP contribution < -0.4 is 10.2 Å². The summed E-state index contributed by atoms with van der Waals surface area (Å²) in [4.78, 5) is 14.3. The molecule has 2 aromatic rings. The average molecular weight is 433 g/mol. The number of halogens is 2. The number of carbonyl (C=O) groups excluding carboxylic acids is 1.